The average Bonchev–Trinajstić information content (AvgIpc) is 2.28. The van der Waals surface area contributed by atoms with Crippen LogP contribution in [0, 0.1) is 0 Å². The normalized spacial score (nSPS) is 10.4. The Hall–Kier alpha value is -1.32. The van der Waals surface area contributed by atoms with E-state index in [0.717, 1.165) is 16.2 Å². The molecular weight excluding hydrogens is 254 g/mol. The Bertz CT molecular complexity index is 531. The number of rotatable bonds is 3. The van der Waals surface area contributed by atoms with Crippen molar-refractivity contribution < 1.29 is 5.11 Å². The van der Waals surface area contributed by atoms with Gasteiger partial charge in [0.25, 0.3) is 0 Å². The van der Waals surface area contributed by atoms with E-state index in [2.05, 4.69) is 0 Å². The van der Waals surface area contributed by atoms with Gasteiger partial charge in [-0.2, -0.15) is 0 Å². The van der Waals surface area contributed by atoms with E-state index >= 15 is 0 Å². The van der Waals surface area contributed by atoms with Gasteiger partial charge in [-0.05, 0) is 35.9 Å². The number of phenols is 1. The van der Waals surface area contributed by atoms with Gasteiger partial charge >= 0.3 is 0 Å². The van der Waals surface area contributed by atoms with Crippen molar-refractivity contribution in [3.05, 3.63) is 53.1 Å². The van der Waals surface area contributed by atoms with E-state index in [9.17, 15) is 5.11 Å². The molecule has 0 heterocycles. The molecule has 0 aliphatic carbocycles. The van der Waals surface area contributed by atoms with Gasteiger partial charge in [-0.3, -0.25) is 0 Å². The maximum atomic E-state index is 9.35. The molecule has 0 aromatic heterocycles. The Kier molecular flexibility index (Phi) is 3.82. The number of phenolic OH excluding ortho intramolecular Hbond substituents is 1. The van der Waals surface area contributed by atoms with Crippen molar-refractivity contribution in [1.29, 1.82) is 0 Å². The lowest BCUT2D eigenvalue weighted by Gasteiger charge is -2.05. The third-order valence-electron chi connectivity index (χ3n) is 2.26. The van der Waals surface area contributed by atoms with Gasteiger partial charge in [-0.1, -0.05) is 23.7 Å². The predicted octanol–water partition coefficient (Wildman–Crippen LogP) is 3.92. The Morgan fingerprint density at radius 3 is 2.71 bits per heavy atom. The fourth-order valence-corrected chi connectivity index (χ4v) is 2.66. The van der Waals surface area contributed by atoms with E-state index in [0.29, 0.717) is 10.7 Å². The molecule has 0 saturated heterocycles. The van der Waals surface area contributed by atoms with Crippen LogP contribution in [0.4, 0.5) is 5.69 Å². The highest BCUT2D eigenvalue weighted by Gasteiger charge is 2.02. The Balaban J connectivity index is 2.07. The highest BCUT2D eigenvalue weighted by Crippen LogP contribution is 2.31. The summed E-state index contributed by atoms with van der Waals surface area (Å²) in [5.74, 6) is 1.05. The molecule has 0 saturated carbocycles. The predicted molar refractivity (Wildman–Crippen MR) is 73.5 cm³/mol. The van der Waals surface area contributed by atoms with Crippen LogP contribution in [0.5, 0.6) is 5.75 Å². The minimum Gasteiger partial charge on any atom is -0.508 e. The van der Waals surface area contributed by atoms with E-state index < -0.39 is 0 Å². The Labute approximate surface area is 109 Å². The number of thioether (sulfide) groups is 1. The van der Waals surface area contributed by atoms with Crippen LogP contribution in [-0.4, -0.2) is 5.11 Å². The zero-order valence-electron chi connectivity index (χ0n) is 9.06. The van der Waals surface area contributed by atoms with Crippen LogP contribution < -0.4 is 5.73 Å². The summed E-state index contributed by atoms with van der Waals surface area (Å²) in [4.78, 5) is 0.990. The number of nitrogen functional groups attached to an aromatic ring is 1. The first-order valence-electron chi connectivity index (χ1n) is 5.11. The maximum Gasteiger partial charge on any atom is 0.115 e. The van der Waals surface area contributed by atoms with E-state index in [1.807, 2.05) is 24.3 Å². The molecule has 0 aliphatic heterocycles. The monoisotopic (exact) mass is 265 g/mol. The number of hydrogen-bond acceptors (Lipinski definition) is 3. The van der Waals surface area contributed by atoms with Gasteiger partial charge in [0, 0.05) is 16.3 Å². The van der Waals surface area contributed by atoms with Crippen molar-refractivity contribution in [3.8, 4) is 5.75 Å². The van der Waals surface area contributed by atoms with E-state index in [1.54, 1.807) is 30.0 Å². The lowest BCUT2D eigenvalue weighted by molar-refractivity contribution is 0.475. The molecule has 0 amide bonds. The van der Waals surface area contributed by atoms with Crippen molar-refractivity contribution in [2.75, 3.05) is 5.73 Å². The second-order valence-corrected chi connectivity index (χ2v) is 5.07. The lowest BCUT2D eigenvalue weighted by atomic mass is 10.2. The van der Waals surface area contributed by atoms with Gasteiger partial charge in [0.05, 0.1) is 5.02 Å². The molecule has 0 unspecified atom stereocenters. The molecule has 17 heavy (non-hydrogen) atoms. The minimum absolute atomic E-state index is 0.284. The van der Waals surface area contributed by atoms with Crippen molar-refractivity contribution in [1.82, 2.24) is 0 Å². The van der Waals surface area contributed by atoms with E-state index in [-0.39, 0.29) is 5.75 Å². The van der Waals surface area contributed by atoms with Crippen LogP contribution in [0.25, 0.3) is 0 Å². The van der Waals surface area contributed by atoms with Crippen molar-refractivity contribution in [3.63, 3.8) is 0 Å². The fraction of sp³-hybridized carbons (Fsp3) is 0.0769. The third-order valence-corrected chi connectivity index (χ3v) is 3.83. The minimum atomic E-state index is 0.284. The molecule has 4 heteroatoms. The van der Waals surface area contributed by atoms with E-state index in [1.165, 1.54) is 0 Å². The largest absolute Gasteiger partial charge is 0.508 e. The molecule has 2 rings (SSSR count). The number of hydrogen-bond donors (Lipinski definition) is 2. The second kappa shape index (κ2) is 5.34. The zero-order valence-corrected chi connectivity index (χ0v) is 10.6. The van der Waals surface area contributed by atoms with Crippen LogP contribution >= 0.6 is 23.4 Å². The highest BCUT2D eigenvalue weighted by molar-refractivity contribution is 7.98. The van der Waals surface area contributed by atoms with Crippen molar-refractivity contribution >= 4 is 29.1 Å². The number of anilines is 1. The Morgan fingerprint density at radius 2 is 2.00 bits per heavy atom. The quantitative estimate of drug-likeness (QED) is 0.653. The molecular formula is C13H12ClNOS. The van der Waals surface area contributed by atoms with Crippen LogP contribution in [0.3, 0.4) is 0 Å². The van der Waals surface area contributed by atoms with Crippen LogP contribution in [-0.2, 0) is 5.75 Å². The van der Waals surface area contributed by atoms with Gasteiger partial charge in [0.15, 0.2) is 0 Å². The SMILES string of the molecule is Nc1ccc(SCc2cccc(O)c2)c(Cl)c1. The Morgan fingerprint density at radius 1 is 1.18 bits per heavy atom. The first kappa shape index (κ1) is 12.1. The molecule has 2 aromatic carbocycles. The van der Waals surface area contributed by atoms with Crippen LogP contribution in [0.2, 0.25) is 5.02 Å². The summed E-state index contributed by atoms with van der Waals surface area (Å²) in [6.07, 6.45) is 0. The first-order valence-corrected chi connectivity index (χ1v) is 6.47. The fourth-order valence-electron chi connectivity index (χ4n) is 1.44. The summed E-state index contributed by atoms with van der Waals surface area (Å²) < 4.78 is 0. The molecule has 0 spiro atoms. The topological polar surface area (TPSA) is 46.2 Å². The number of halogens is 1. The first-order chi connectivity index (χ1) is 8.15. The maximum absolute atomic E-state index is 9.35. The number of nitrogens with two attached hydrogens (primary N) is 1. The summed E-state index contributed by atoms with van der Waals surface area (Å²) in [6.45, 7) is 0. The van der Waals surface area contributed by atoms with Gasteiger partial charge in [-0.25, -0.2) is 0 Å². The van der Waals surface area contributed by atoms with Crippen LogP contribution in [0.15, 0.2) is 47.4 Å². The standard InChI is InChI=1S/C13H12ClNOS/c14-12-7-10(15)4-5-13(12)17-8-9-2-1-3-11(16)6-9/h1-7,16H,8,15H2. The summed E-state index contributed by atoms with van der Waals surface area (Å²) in [7, 11) is 0. The van der Waals surface area contributed by atoms with Gasteiger partial charge < -0.3 is 10.8 Å². The molecule has 2 aromatic rings. The molecule has 88 valence electrons. The summed E-state index contributed by atoms with van der Waals surface area (Å²) in [5, 5.41) is 10.0. The molecule has 0 radical (unpaired) electrons. The van der Waals surface area contributed by atoms with Crippen LogP contribution in [0.1, 0.15) is 5.56 Å². The van der Waals surface area contributed by atoms with Crippen molar-refractivity contribution in [2.24, 2.45) is 0 Å². The molecule has 2 nitrogen and oxygen atoms in total. The molecule has 0 bridgehead atoms. The molecule has 0 fully saturated rings. The smallest absolute Gasteiger partial charge is 0.115 e. The molecule has 3 N–H and O–H groups in total. The highest BCUT2D eigenvalue weighted by atomic mass is 35.5. The summed E-state index contributed by atoms with van der Waals surface area (Å²) in [5.41, 5.74) is 7.35. The summed E-state index contributed by atoms with van der Waals surface area (Å²) >= 11 is 7.70. The number of aromatic hydroxyl groups is 1. The zero-order chi connectivity index (χ0) is 12.3. The van der Waals surface area contributed by atoms with Gasteiger partial charge in [0.1, 0.15) is 5.75 Å². The lowest BCUT2D eigenvalue weighted by Crippen LogP contribution is -1.85. The number of benzene rings is 2. The molecule has 0 aliphatic rings. The van der Waals surface area contributed by atoms with Crippen molar-refractivity contribution in [2.45, 2.75) is 10.6 Å². The molecule has 0 atom stereocenters. The van der Waals surface area contributed by atoms with Gasteiger partial charge in [0.2, 0.25) is 0 Å². The van der Waals surface area contributed by atoms with E-state index in [4.69, 9.17) is 17.3 Å². The second-order valence-electron chi connectivity index (χ2n) is 3.65. The summed E-state index contributed by atoms with van der Waals surface area (Å²) in [6, 6.07) is 12.7. The average molecular weight is 266 g/mol. The van der Waals surface area contributed by atoms with Gasteiger partial charge in [-0.15, -0.1) is 11.8 Å². The third kappa shape index (κ3) is 3.32.